The van der Waals surface area contributed by atoms with Gasteiger partial charge >= 0.3 is 0 Å². The average molecular weight is 396 g/mol. The zero-order valence-corrected chi connectivity index (χ0v) is 16.9. The van der Waals surface area contributed by atoms with Crippen molar-refractivity contribution in [1.82, 2.24) is 19.9 Å². The minimum Gasteiger partial charge on any atom is -0.376 e. The topological polar surface area (TPSA) is 71.7 Å². The van der Waals surface area contributed by atoms with Crippen LogP contribution in [0.15, 0.2) is 35.1 Å². The molecule has 2 aliphatic heterocycles. The average Bonchev–Trinajstić information content (AvgIpc) is 3.44. The van der Waals surface area contributed by atoms with E-state index in [-0.39, 0.29) is 11.4 Å². The Bertz CT molecular complexity index is 858. The molecular weight excluding hydrogens is 368 g/mol. The summed E-state index contributed by atoms with van der Waals surface area (Å²) in [4.78, 5) is 21.2. The summed E-state index contributed by atoms with van der Waals surface area (Å²) < 4.78 is 11.3. The number of nitrogens with zero attached hydrogens (tertiary/aromatic N) is 4. The number of hydrogen-bond donors (Lipinski definition) is 0. The van der Waals surface area contributed by atoms with Crippen LogP contribution in [-0.2, 0) is 11.3 Å². The molecule has 0 bridgehead atoms. The summed E-state index contributed by atoms with van der Waals surface area (Å²) in [5, 5.41) is 4.01. The molecule has 0 radical (unpaired) electrons. The van der Waals surface area contributed by atoms with E-state index in [2.05, 4.69) is 22.1 Å². The highest BCUT2D eigenvalue weighted by Crippen LogP contribution is 2.41. The highest BCUT2D eigenvalue weighted by atomic mass is 16.5. The number of hydrogen-bond acceptors (Lipinski definition) is 6. The van der Waals surface area contributed by atoms with Crippen LogP contribution in [0, 0.1) is 5.92 Å². The van der Waals surface area contributed by atoms with Crippen LogP contribution in [0.4, 0.5) is 0 Å². The monoisotopic (exact) mass is 396 g/mol. The first kappa shape index (κ1) is 18.8. The fourth-order valence-electron chi connectivity index (χ4n) is 4.67. The molecule has 1 amide bonds. The lowest BCUT2D eigenvalue weighted by Gasteiger charge is -2.58. The van der Waals surface area contributed by atoms with Crippen LogP contribution < -0.4 is 0 Å². The second-order valence-electron chi connectivity index (χ2n) is 8.93. The highest BCUT2D eigenvalue weighted by Gasteiger charge is 2.51. The van der Waals surface area contributed by atoms with Gasteiger partial charge < -0.3 is 14.2 Å². The van der Waals surface area contributed by atoms with Gasteiger partial charge in [-0.15, -0.1) is 0 Å². The molecule has 0 N–H and O–H groups in total. The van der Waals surface area contributed by atoms with E-state index >= 15 is 0 Å². The van der Waals surface area contributed by atoms with Gasteiger partial charge in [-0.05, 0) is 56.8 Å². The molecule has 29 heavy (non-hydrogen) atoms. The Morgan fingerprint density at radius 1 is 1.34 bits per heavy atom. The number of pyridine rings is 1. The first-order chi connectivity index (χ1) is 14.1. The lowest BCUT2D eigenvalue weighted by atomic mass is 9.75. The maximum atomic E-state index is 12.8. The van der Waals surface area contributed by atoms with Crippen molar-refractivity contribution in [3.63, 3.8) is 0 Å². The SMILES string of the molecule is CN1CC[C@@H](COCc2cccnc2)CC12CN(C(=O)c1cc(C3CC3)on1)C2. The molecule has 3 fully saturated rings. The van der Waals surface area contributed by atoms with Gasteiger partial charge in [-0.3, -0.25) is 14.7 Å². The van der Waals surface area contributed by atoms with Crippen LogP contribution in [0.1, 0.15) is 53.4 Å². The molecular formula is C22H28N4O3. The summed E-state index contributed by atoms with van der Waals surface area (Å²) in [6.07, 6.45) is 8.11. The predicted molar refractivity (Wildman–Crippen MR) is 106 cm³/mol. The van der Waals surface area contributed by atoms with Gasteiger partial charge in [-0.25, -0.2) is 0 Å². The maximum absolute atomic E-state index is 12.8. The van der Waals surface area contributed by atoms with E-state index in [9.17, 15) is 4.79 Å². The van der Waals surface area contributed by atoms with E-state index in [4.69, 9.17) is 9.26 Å². The van der Waals surface area contributed by atoms with E-state index in [0.29, 0.717) is 24.1 Å². The number of carbonyl (C=O) groups excluding carboxylic acids is 1. The first-order valence-corrected chi connectivity index (χ1v) is 10.6. The second-order valence-corrected chi connectivity index (χ2v) is 8.93. The molecule has 154 valence electrons. The number of ether oxygens (including phenoxy) is 1. The minimum absolute atomic E-state index is 0.00498. The predicted octanol–water partition coefficient (Wildman–Crippen LogP) is 2.70. The van der Waals surface area contributed by atoms with Crippen molar-refractivity contribution in [3.05, 3.63) is 47.6 Å². The Kier molecular flexibility index (Phi) is 4.87. The number of aromatic nitrogens is 2. The van der Waals surface area contributed by atoms with Crippen molar-refractivity contribution in [1.29, 1.82) is 0 Å². The molecule has 7 nitrogen and oxygen atoms in total. The summed E-state index contributed by atoms with van der Waals surface area (Å²) >= 11 is 0. The number of likely N-dealkylation sites (N-methyl/N-ethyl adjacent to an activating group) is 1. The van der Waals surface area contributed by atoms with Crippen LogP contribution in [0.25, 0.3) is 0 Å². The zero-order valence-electron chi connectivity index (χ0n) is 16.9. The number of amides is 1. The number of likely N-dealkylation sites (tertiary alicyclic amines) is 2. The van der Waals surface area contributed by atoms with E-state index < -0.39 is 0 Å². The maximum Gasteiger partial charge on any atom is 0.276 e. The lowest BCUT2D eigenvalue weighted by Crippen LogP contribution is -2.72. The van der Waals surface area contributed by atoms with Gasteiger partial charge in [-0.1, -0.05) is 11.2 Å². The van der Waals surface area contributed by atoms with Crippen molar-refractivity contribution in [2.24, 2.45) is 5.92 Å². The Morgan fingerprint density at radius 2 is 2.21 bits per heavy atom. The summed E-state index contributed by atoms with van der Waals surface area (Å²) in [6, 6.07) is 5.81. The Hall–Kier alpha value is -2.25. The van der Waals surface area contributed by atoms with Gasteiger partial charge in [0.15, 0.2) is 5.69 Å². The Morgan fingerprint density at radius 3 is 2.97 bits per heavy atom. The second kappa shape index (κ2) is 7.54. The number of carbonyl (C=O) groups is 1. The van der Waals surface area contributed by atoms with Gasteiger partial charge in [0, 0.05) is 44.1 Å². The summed E-state index contributed by atoms with van der Waals surface area (Å²) in [6.45, 7) is 3.92. The van der Waals surface area contributed by atoms with Gasteiger partial charge in [-0.2, -0.15) is 0 Å². The molecule has 7 heteroatoms. The van der Waals surface area contributed by atoms with E-state index in [1.54, 1.807) is 6.20 Å². The van der Waals surface area contributed by atoms with Crippen LogP contribution in [0.5, 0.6) is 0 Å². The Labute approximate surface area is 171 Å². The van der Waals surface area contributed by atoms with Crippen LogP contribution >= 0.6 is 0 Å². The number of piperidine rings is 1. The van der Waals surface area contributed by atoms with Gasteiger partial charge in [0.2, 0.25) is 0 Å². The first-order valence-electron chi connectivity index (χ1n) is 10.6. The third-order valence-corrected chi connectivity index (χ3v) is 6.68. The Balaban J connectivity index is 1.14. The zero-order chi connectivity index (χ0) is 19.8. The standard InChI is InChI=1S/C22H28N4O3/c1-25-8-6-16(12-28-13-17-3-2-7-23-11-17)10-22(25)14-26(15-22)21(27)19-9-20(29-24-19)18-4-5-18/h2-3,7,9,11,16,18H,4-6,8,10,12-15H2,1H3/t16-/m1/s1. The molecule has 0 unspecified atom stereocenters. The fourth-order valence-corrected chi connectivity index (χ4v) is 4.67. The van der Waals surface area contributed by atoms with Gasteiger partial charge in [0.25, 0.3) is 5.91 Å². The third kappa shape index (κ3) is 3.81. The largest absolute Gasteiger partial charge is 0.376 e. The van der Waals surface area contributed by atoms with E-state index in [0.717, 1.165) is 63.2 Å². The molecule has 1 spiro atoms. The fraction of sp³-hybridized carbons (Fsp3) is 0.591. The van der Waals surface area contributed by atoms with Gasteiger partial charge in [0.1, 0.15) is 5.76 Å². The van der Waals surface area contributed by atoms with Crippen molar-refractivity contribution >= 4 is 5.91 Å². The molecule has 0 aromatic carbocycles. The molecule has 1 saturated carbocycles. The number of rotatable bonds is 6. The molecule has 2 aromatic rings. The molecule has 2 saturated heterocycles. The molecule has 5 rings (SSSR count). The van der Waals surface area contributed by atoms with Crippen molar-refractivity contribution < 1.29 is 14.1 Å². The van der Waals surface area contributed by atoms with Crippen molar-refractivity contribution in [3.8, 4) is 0 Å². The normalized spacial score (nSPS) is 23.9. The minimum atomic E-state index is -0.00498. The third-order valence-electron chi connectivity index (χ3n) is 6.68. The molecule has 2 aromatic heterocycles. The molecule has 1 atom stereocenters. The van der Waals surface area contributed by atoms with E-state index in [1.165, 1.54) is 0 Å². The van der Waals surface area contributed by atoms with Crippen molar-refractivity contribution in [2.45, 2.75) is 43.7 Å². The lowest BCUT2D eigenvalue weighted by molar-refractivity contribution is -0.0770. The summed E-state index contributed by atoms with van der Waals surface area (Å²) in [5.41, 5.74) is 1.63. The van der Waals surface area contributed by atoms with Gasteiger partial charge in [0.05, 0.1) is 12.1 Å². The highest BCUT2D eigenvalue weighted by molar-refractivity contribution is 5.93. The van der Waals surface area contributed by atoms with Crippen LogP contribution in [0.2, 0.25) is 0 Å². The van der Waals surface area contributed by atoms with E-state index in [1.807, 2.05) is 29.3 Å². The molecule has 3 aliphatic rings. The smallest absolute Gasteiger partial charge is 0.276 e. The summed E-state index contributed by atoms with van der Waals surface area (Å²) in [5.74, 6) is 1.86. The quantitative estimate of drug-likeness (QED) is 0.748. The summed E-state index contributed by atoms with van der Waals surface area (Å²) in [7, 11) is 2.18. The molecule has 4 heterocycles. The molecule has 1 aliphatic carbocycles. The van der Waals surface area contributed by atoms with Crippen molar-refractivity contribution in [2.75, 3.05) is 33.3 Å². The van der Waals surface area contributed by atoms with Crippen LogP contribution in [-0.4, -0.2) is 64.7 Å². The van der Waals surface area contributed by atoms with Crippen LogP contribution in [0.3, 0.4) is 0 Å².